The van der Waals surface area contributed by atoms with Gasteiger partial charge in [-0.1, -0.05) is 6.07 Å². The van der Waals surface area contributed by atoms with Crippen LogP contribution in [0.3, 0.4) is 0 Å². The van der Waals surface area contributed by atoms with Gasteiger partial charge in [0.15, 0.2) is 0 Å². The average Bonchev–Trinajstić information content (AvgIpc) is 2.94. The highest BCUT2D eigenvalue weighted by Gasteiger charge is 2.71. The molecular weight excluding hydrogens is 330 g/mol. The van der Waals surface area contributed by atoms with Gasteiger partial charge in [-0.15, -0.1) is 0 Å². The van der Waals surface area contributed by atoms with Crippen molar-refractivity contribution in [1.29, 1.82) is 0 Å². The number of fused-ring (bicyclic) bond motifs is 1. The van der Waals surface area contributed by atoms with E-state index in [0.29, 0.717) is 25.2 Å². The summed E-state index contributed by atoms with van der Waals surface area (Å²) in [6.45, 7) is 2.57. The minimum absolute atomic E-state index is 0.134. The summed E-state index contributed by atoms with van der Waals surface area (Å²) in [6.07, 6.45) is 0.476. The third kappa shape index (κ3) is 2.56. The third-order valence-electron chi connectivity index (χ3n) is 5.23. The number of carboxylic acids is 1. The first-order valence-corrected chi connectivity index (χ1v) is 8.13. The Balaban J connectivity index is 1.49. The first-order valence-electron chi connectivity index (χ1n) is 8.13. The molecule has 25 heavy (non-hydrogen) atoms. The summed E-state index contributed by atoms with van der Waals surface area (Å²) in [7, 11) is 1.59. The number of alkyl halides is 2. The Bertz CT molecular complexity index is 850. The minimum atomic E-state index is -2.49. The number of aromatic carboxylic acids is 1. The van der Waals surface area contributed by atoms with Crippen LogP contribution < -0.4 is 4.90 Å². The van der Waals surface area contributed by atoms with Crippen LogP contribution in [0.2, 0.25) is 0 Å². The van der Waals surface area contributed by atoms with Crippen LogP contribution in [0.25, 0.3) is 0 Å². The van der Waals surface area contributed by atoms with Crippen LogP contribution in [0.4, 0.5) is 14.6 Å². The van der Waals surface area contributed by atoms with Gasteiger partial charge in [-0.2, -0.15) is 5.10 Å². The van der Waals surface area contributed by atoms with E-state index in [1.165, 1.54) is 4.68 Å². The predicted octanol–water partition coefficient (Wildman–Crippen LogP) is 2.11. The smallest absolute Gasteiger partial charge is 0.354 e. The number of halogens is 2. The molecule has 0 aromatic carbocycles. The number of aryl methyl sites for hydroxylation is 2. The van der Waals surface area contributed by atoms with Crippen molar-refractivity contribution >= 4 is 11.8 Å². The largest absolute Gasteiger partial charge is 0.477 e. The molecule has 2 aliphatic rings. The fourth-order valence-electron chi connectivity index (χ4n) is 3.64. The zero-order chi connectivity index (χ0) is 17.9. The summed E-state index contributed by atoms with van der Waals surface area (Å²) in [5, 5.41) is 13.3. The van der Waals surface area contributed by atoms with Gasteiger partial charge >= 0.3 is 5.97 Å². The van der Waals surface area contributed by atoms with Crippen LogP contribution in [0, 0.1) is 18.8 Å². The predicted molar refractivity (Wildman–Crippen MR) is 86.1 cm³/mol. The number of aromatic nitrogens is 3. The summed E-state index contributed by atoms with van der Waals surface area (Å²) in [6, 6.07) is 5.30. The van der Waals surface area contributed by atoms with Crippen molar-refractivity contribution in [2.45, 2.75) is 19.3 Å². The van der Waals surface area contributed by atoms with Crippen LogP contribution in [0.5, 0.6) is 0 Å². The number of piperidine rings is 1. The van der Waals surface area contributed by atoms with Crippen LogP contribution in [-0.2, 0) is 13.5 Å². The third-order valence-corrected chi connectivity index (χ3v) is 5.23. The quantitative estimate of drug-likeness (QED) is 0.916. The molecular formula is C17H18F2N4O2. The van der Waals surface area contributed by atoms with E-state index in [0.717, 1.165) is 17.1 Å². The molecule has 0 spiro atoms. The average molecular weight is 348 g/mol. The van der Waals surface area contributed by atoms with E-state index in [1.54, 1.807) is 13.1 Å². The maximum absolute atomic E-state index is 13.3. The first kappa shape index (κ1) is 16.0. The zero-order valence-corrected chi connectivity index (χ0v) is 13.9. The SMILES string of the molecule is Cc1nc(N2CC3C(C2)C3(F)F)ccc1Cc1cc(C(=O)O)n(C)n1. The summed E-state index contributed by atoms with van der Waals surface area (Å²) < 4.78 is 28.0. The fourth-order valence-corrected chi connectivity index (χ4v) is 3.64. The molecule has 2 unspecified atom stereocenters. The highest BCUT2D eigenvalue weighted by Crippen LogP contribution is 2.59. The van der Waals surface area contributed by atoms with Crippen LogP contribution in [0.15, 0.2) is 18.2 Å². The summed E-state index contributed by atoms with van der Waals surface area (Å²) >= 11 is 0. The van der Waals surface area contributed by atoms with E-state index in [4.69, 9.17) is 5.11 Å². The molecule has 6 nitrogen and oxygen atoms in total. The summed E-state index contributed by atoms with van der Waals surface area (Å²) in [4.78, 5) is 17.5. The molecule has 0 bridgehead atoms. The number of hydrogen-bond donors (Lipinski definition) is 1. The number of carbonyl (C=O) groups is 1. The number of hydrogen-bond acceptors (Lipinski definition) is 4. The van der Waals surface area contributed by atoms with Crippen molar-refractivity contribution in [1.82, 2.24) is 14.8 Å². The molecule has 1 N–H and O–H groups in total. The number of pyridine rings is 1. The maximum Gasteiger partial charge on any atom is 0.354 e. The van der Waals surface area contributed by atoms with E-state index in [1.807, 2.05) is 24.0 Å². The molecule has 2 atom stereocenters. The Hall–Kier alpha value is -2.51. The molecule has 2 fully saturated rings. The maximum atomic E-state index is 13.3. The number of rotatable bonds is 4. The normalized spacial score (nSPS) is 23.6. The molecule has 0 amide bonds. The number of anilines is 1. The van der Waals surface area contributed by atoms with Crippen molar-refractivity contribution in [2.24, 2.45) is 18.9 Å². The lowest BCUT2D eigenvalue weighted by atomic mass is 10.1. The van der Waals surface area contributed by atoms with Gasteiger partial charge in [0, 0.05) is 32.3 Å². The van der Waals surface area contributed by atoms with E-state index in [9.17, 15) is 13.6 Å². The second-order valence-electron chi connectivity index (χ2n) is 6.83. The lowest BCUT2D eigenvalue weighted by molar-refractivity contribution is 0.0684. The Morgan fingerprint density at radius 2 is 2.04 bits per heavy atom. The second kappa shape index (κ2) is 5.24. The zero-order valence-electron chi connectivity index (χ0n) is 13.9. The molecule has 2 aromatic rings. The highest BCUT2D eigenvalue weighted by atomic mass is 19.3. The van der Waals surface area contributed by atoms with Crippen molar-refractivity contribution in [3.63, 3.8) is 0 Å². The van der Waals surface area contributed by atoms with Gasteiger partial charge in [-0.05, 0) is 24.6 Å². The lowest BCUT2D eigenvalue weighted by Crippen LogP contribution is -2.28. The van der Waals surface area contributed by atoms with Gasteiger partial charge < -0.3 is 10.0 Å². The Morgan fingerprint density at radius 1 is 1.36 bits per heavy atom. The van der Waals surface area contributed by atoms with E-state index in [-0.39, 0.29) is 5.69 Å². The van der Waals surface area contributed by atoms with Crippen molar-refractivity contribution in [3.8, 4) is 0 Å². The monoisotopic (exact) mass is 348 g/mol. The Morgan fingerprint density at radius 3 is 2.60 bits per heavy atom. The van der Waals surface area contributed by atoms with Gasteiger partial charge in [0.1, 0.15) is 11.5 Å². The molecule has 2 aromatic heterocycles. The molecule has 1 aliphatic carbocycles. The molecule has 0 radical (unpaired) electrons. The Labute approximate surface area is 143 Å². The van der Waals surface area contributed by atoms with Crippen molar-refractivity contribution in [3.05, 3.63) is 40.8 Å². The van der Waals surface area contributed by atoms with E-state index >= 15 is 0 Å². The summed E-state index contributed by atoms with van der Waals surface area (Å²) in [5.41, 5.74) is 2.52. The van der Waals surface area contributed by atoms with Gasteiger partial charge in [0.25, 0.3) is 5.92 Å². The van der Waals surface area contributed by atoms with E-state index < -0.39 is 23.7 Å². The molecule has 8 heteroatoms. The van der Waals surface area contributed by atoms with Crippen LogP contribution in [-0.4, -0.2) is 44.9 Å². The molecule has 1 aliphatic heterocycles. The highest BCUT2D eigenvalue weighted by molar-refractivity contribution is 5.85. The second-order valence-corrected chi connectivity index (χ2v) is 6.83. The lowest BCUT2D eigenvalue weighted by Gasteiger charge is -2.21. The summed E-state index contributed by atoms with van der Waals surface area (Å²) in [5.74, 6) is -3.85. The van der Waals surface area contributed by atoms with Gasteiger partial charge in [-0.25, -0.2) is 18.6 Å². The van der Waals surface area contributed by atoms with E-state index in [2.05, 4.69) is 10.1 Å². The number of carboxylic acid groups (broad SMARTS) is 1. The van der Waals surface area contributed by atoms with Gasteiger partial charge in [0.05, 0.1) is 17.5 Å². The molecule has 1 saturated heterocycles. The topological polar surface area (TPSA) is 71.2 Å². The van der Waals surface area contributed by atoms with Gasteiger partial charge in [0.2, 0.25) is 0 Å². The Kier molecular flexibility index (Phi) is 3.35. The fraction of sp³-hybridized carbons (Fsp3) is 0.471. The number of nitrogens with zero attached hydrogens (tertiary/aromatic N) is 4. The first-order chi connectivity index (χ1) is 11.8. The molecule has 132 valence electrons. The van der Waals surface area contributed by atoms with Crippen molar-refractivity contribution in [2.75, 3.05) is 18.0 Å². The minimum Gasteiger partial charge on any atom is -0.477 e. The van der Waals surface area contributed by atoms with Crippen molar-refractivity contribution < 1.29 is 18.7 Å². The van der Waals surface area contributed by atoms with Crippen LogP contribution in [0.1, 0.15) is 27.4 Å². The molecule has 3 heterocycles. The standard InChI is InChI=1S/C17H18F2N4O2/c1-9-10(5-11-6-14(16(24)25)22(2)21-11)3-4-15(20-9)23-7-12-13(8-23)17(12,18)19/h3-4,6,12-13H,5,7-8H2,1-2H3,(H,24,25). The molecule has 1 saturated carbocycles. The van der Waals surface area contributed by atoms with Gasteiger partial charge in [-0.3, -0.25) is 4.68 Å². The van der Waals surface area contributed by atoms with Crippen LogP contribution >= 0.6 is 0 Å². The molecule has 4 rings (SSSR count).